The van der Waals surface area contributed by atoms with Gasteiger partial charge in [0.05, 0.1) is 5.56 Å². The molecule has 2 rings (SSSR count). The van der Waals surface area contributed by atoms with Gasteiger partial charge in [-0.2, -0.15) is 0 Å². The number of carbonyl (C=O) groups is 2. The van der Waals surface area contributed by atoms with Crippen molar-refractivity contribution in [3.8, 4) is 5.75 Å². The molecule has 0 heterocycles. The van der Waals surface area contributed by atoms with Crippen molar-refractivity contribution in [2.45, 2.75) is 13.0 Å². The molecule has 0 aliphatic heterocycles. The first kappa shape index (κ1) is 18.0. The number of nitrogens with one attached hydrogen (secondary N) is 1. The lowest BCUT2D eigenvalue weighted by atomic mass is 9.77. The van der Waals surface area contributed by atoms with Crippen molar-refractivity contribution < 1.29 is 24.4 Å². The smallest absolute Gasteiger partial charge is 0.480 e. The average molecular weight is 348 g/mol. The monoisotopic (exact) mass is 347 g/mol. The summed E-state index contributed by atoms with van der Waals surface area (Å²) in [6.45, 7) is 1.51. The number of rotatable bonds is 6. The molecule has 8 heteroatoms. The largest absolute Gasteiger partial charge is 0.489 e. The molecular weight excluding hydrogens is 332 g/mol. The van der Waals surface area contributed by atoms with Gasteiger partial charge >= 0.3 is 7.12 Å². The maximum absolute atomic E-state index is 12.2. The third-order valence-corrected chi connectivity index (χ3v) is 3.50. The third kappa shape index (κ3) is 4.35. The molecule has 3 N–H and O–H groups in total. The van der Waals surface area contributed by atoms with Gasteiger partial charge in [0.25, 0.3) is 5.91 Å². The number of anilines is 1. The SMILES string of the molecule is CC(Oc1cccc(B(O)O)c1C=O)C(=O)Nc1cccc(Cl)c1. The van der Waals surface area contributed by atoms with Crippen molar-refractivity contribution in [2.75, 3.05) is 5.32 Å². The van der Waals surface area contributed by atoms with Crippen LogP contribution in [0.2, 0.25) is 5.02 Å². The molecule has 0 spiro atoms. The number of hydrogen-bond donors (Lipinski definition) is 3. The molecule has 124 valence electrons. The van der Waals surface area contributed by atoms with E-state index >= 15 is 0 Å². The Morgan fingerprint density at radius 2 is 2.00 bits per heavy atom. The van der Waals surface area contributed by atoms with Crippen molar-refractivity contribution in [1.29, 1.82) is 0 Å². The maximum Gasteiger partial charge on any atom is 0.489 e. The molecule has 1 amide bonds. The summed E-state index contributed by atoms with van der Waals surface area (Å²) in [5.41, 5.74) is 0.498. The summed E-state index contributed by atoms with van der Waals surface area (Å²) in [5.74, 6) is -0.353. The van der Waals surface area contributed by atoms with Gasteiger partial charge < -0.3 is 20.1 Å². The zero-order chi connectivity index (χ0) is 17.7. The van der Waals surface area contributed by atoms with Crippen molar-refractivity contribution in [3.05, 3.63) is 53.1 Å². The molecule has 0 saturated carbocycles. The van der Waals surface area contributed by atoms with Crippen LogP contribution in [0, 0.1) is 0 Å². The number of ether oxygens (including phenoxy) is 1. The van der Waals surface area contributed by atoms with Crippen molar-refractivity contribution in [2.24, 2.45) is 0 Å². The second-order valence-corrected chi connectivity index (χ2v) is 5.45. The van der Waals surface area contributed by atoms with Crippen LogP contribution >= 0.6 is 11.6 Å². The Balaban J connectivity index is 2.14. The van der Waals surface area contributed by atoms with E-state index in [0.29, 0.717) is 17.0 Å². The second kappa shape index (κ2) is 7.96. The predicted molar refractivity (Wildman–Crippen MR) is 91.8 cm³/mol. The number of carbonyl (C=O) groups excluding carboxylic acids is 2. The number of aldehydes is 1. The first-order valence-corrected chi connectivity index (χ1v) is 7.47. The van der Waals surface area contributed by atoms with Gasteiger partial charge in [-0.3, -0.25) is 9.59 Å². The van der Waals surface area contributed by atoms with E-state index in [-0.39, 0.29) is 16.8 Å². The standard InChI is InChI=1S/C16H15BClNO5/c1-10(16(21)19-12-5-2-4-11(18)8-12)24-15-7-3-6-14(17(22)23)13(15)9-20/h2-10,22-23H,1H3,(H,19,21). The summed E-state index contributed by atoms with van der Waals surface area (Å²) in [6.07, 6.45) is -0.472. The Labute approximate surface area is 144 Å². The molecule has 24 heavy (non-hydrogen) atoms. The van der Waals surface area contributed by atoms with Gasteiger partial charge in [-0.1, -0.05) is 29.8 Å². The van der Waals surface area contributed by atoms with E-state index in [9.17, 15) is 19.6 Å². The number of benzene rings is 2. The van der Waals surface area contributed by atoms with Crippen LogP contribution in [-0.2, 0) is 4.79 Å². The van der Waals surface area contributed by atoms with Crippen LogP contribution in [0.4, 0.5) is 5.69 Å². The zero-order valence-electron chi connectivity index (χ0n) is 12.8. The fourth-order valence-corrected chi connectivity index (χ4v) is 2.26. The molecule has 0 bridgehead atoms. The normalized spacial score (nSPS) is 11.5. The van der Waals surface area contributed by atoms with E-state index in [0.717, 1.165) is 0 Å². The fraction of sp³-hybridized carbons (Fsp3) is 0.125. The Bertz CT molecular complexity index is 753. The van der Waals surface area contributed by atoms with Gasteiger partial charge in [0, 0.05) is 10.7 Å². The topological polar surface area (TPSA) is 95.9 Å². The number of halogens is 1. The summed E-state index contributed by atoms with van der Waals surface area (Å²) in [5, 5.41) is 21.7. The number of hydrogen-bond acceptors (Lipinski definition) is 5. The van der Waals surface area contributed by atoms with E-state index < -0.39 is 19.1 Å². The highest BCUT2D eigenvalue weighted by atomic mass is 35.5. The van der Waals surface area contributed by atoms with Gasteiger partial charge in [0.2, 0.25) is 0 Å². The van der Waals surface area contributed by atoms with Crippen LogP contribution in [-0.4, -0.2) is 35.5 Å². The highest BCUT2D eigenvalue weighted by molar-refractivity contribution is 6.60. The molecule has 0 radical (unpaired) electrons. The summed E-state index contributed by atoms with van der Waals surface area (Å²) in [4.78, 5) is 23.4. The molecule has 0 aromatic heterocycles. The van der Waals surface area contributed by atoms with E-state index in [1.54, 1.807) is 24.3 Å². The minimum Gasteiger partial charge on any atom is -0.480 e. The Morgan fingerprint density at radius 3 is 2.62 bits per heavy atom. The number of amides is 1. The first-order valence-electron chi connectivity index (χ1n) is 7.09. The minimum atomic E-state index is -1.82. The zero-order valence-corrected chi connectivity index (χ0v) is 13.5. The van der Waals surface area contributed by atoms with Crippen molar-refractivity contribution in [3.63, 3.8) is 0 Å². The second-order valence-electron chi connectivity index (χ2n) is 5.01. The van der Waals surface area contributed by atoms with Gasteiger partial charge in [-0.05, 0) is 36.7 Å². The molecule has 6 nitrogen and oxygen atoms in total. The van der Waals surface area contributed by atoms with Crippen molar-refractivity contribution >= 4 is 42.1 Å². The van der Waals surface area contributed by atoms with Crippen LogP contribution in [0.5, 0.6) is 5.75 Å². The van der Waals surface area contributed by atoms with Gasteiger partial charge in [-0.25, -0.2) is 0 Å². The van der Waals surface area contributed by atoms with Crippen LogP contribution in [0.3, 0.4) is 0 Å². The van der Waals surface area contributed by atoms with E-state index in [1.807, 2.05) is 0 Å². The molecule has 0 aliphatic carbocycles. The molecule has 0 fully saturated rings. The van der Waals surface area contributed by atoms with Gasteiger partial charge in [-0.15, -0.1) is 0 Å². The molecule has 0 saturated heterocycles. The summed E-state index contributed by atoms with van der Waals surface area (Å²) in [7, 11) is -1.82. The van der Waals surface area contributed by atoms with E-state index in [2.05, 4.69) is 5.32 Å². The Morgan fingerprint density at radius 1 is 1.29 bits per heavy atom. The van der Waals surface area contributed by atoms with E-state index in [4.69, 9.17) is 16.3 Å². The Hall–Kier alpha value is -2.35. The van der Waals surface area contributed by atoms with Crippen LogP contribution < -0.4 is 15.5 Å². The van der Waals surface area contributed by atoms with Crippen LogP contribution in [0.15, 0.2) is 42.5 Å². The lowest BCUT2D eigenvalue weighted by Crippen LogP contribution is -2.35. The Kier molecular flexibility index (Phi) is 5.97. The fourth-order valence-electron chi connectivity index (χ4n) is 2.07. The first-order chi connectivity index (χ1) is 11.4. The summed E-state index contributed by atoms with van der Waals surface area (Å²) >= 11 is 5.86. The highest BCUT2D eigenvalue weighted by Crippen LogP contribution is 2.18. The van der Waals surface area contributed by atoms with E-state index in [1.165, 1.54) is 25.1 Å². The highest BCUT2D eigenvalue weighted by Gasteiger charge is 2.22. The molecule has 0 aliphatic rings. The molecule has 2 aromatic carbocycles. The predicted octanol–water partition coefficient (Wildman–Crippen LogP) is 1.24. The van der Waals surface area contributed by atoms with Crippen LogP contribution in [0.1, 0.15) is 17.3 Å². The lowest BCUT2D eigenvalue weighted by Gasteiger charge is -2.17. The molecule has 2 aromatic rings. The average Bonchev–Trinajstić information content (AvgIpc) is 2.54. The van der Waals surface area contributed by atoms with Gasteiger partial charge in [0.1, 0.15) is 5.75 Å². The summed E-state index contributed by atoms with van der Waals surface area (Å²) < 4.78 is 5.49. The molecular formula is C16H15BClNO5. The lowest BCUT2D eigenvalue weighted by molar-refractivity contribution is -0.122. The summed E-state index contributed by atoms with van der Waals surface area (Å²) in [6, 6.07) is 11.0. The van der Waals surface area contributed by atoms with Crippen LogP contribution in [0.25, 0.3) is 0 Å². The quantitative estimate of drug-likeness (QED) is 0.540. The third-order valence-electron chi connectivity index (χ3n) is 3.26. The molecule has 1 unspecified atom stereocenters. The van der Waals surface area contributed by atoms with Crippen molar-refractivity contribution in [1.82, 2.24) is 0 Å². The minimum absolute atomic E-state index is 0.00458. The maximum atomic E-state index is 12.2. The van der Waals surface area contributed by atoms with Gasteiger partial charge in [0.15, 0.2) is 12.4 Å². The molecule has 1 atom stereocenters.